The van der Waals surface area contributed by atoms with Crippen LogP contribution in [0.1, 0.15) is 45.1 Å². The third-order valence-corrected chi connectivity index (χ3v) is 4.13. The predicted octanol–water partition coefficient (Wildman–Crippen LogP) is 3.97. The topological polar surface area (TPSA) is 51.7 Å². The molecule has 5 nitrogen and oxygen atoms in total. The molecule has 2 rings (SSSR count). The van der Waals surface area contributed by atoms with Crippen molar-refractivity contribution < 1.29 is 14.3 Å². The number of carbonyl (C=O) groups is 1. The van der Waals surface area contributed by atoms with Crippen molar-refractivity contribution in [3.8, 4) is 5.88 Å². The number of aromatic nitrogens is 1. The molecule has 22 heavy (non-hydrogen) atoms. The van der Waals surface area contributed by atoms with E-state index >= 15 is 0 Å². The molecule has 0 N–H and O–H groups in total. The number of pyridine rings is 1. The Balaban J connectivity index is 2.07. The summed E-state index contributed by atoms with van der Waals surface area (Å²) in [7, 11) is 1.59. The lowest BCUT2D eigenvalue weighted by molar-refractivity contribution is 0.0198. The van der Waals surface area contributed by atoms with Crippen LogP contribution in [0.3, 0.4) is 0 Å². The van der Waals surface area contributed by atoms with Crippen LogP contribution in [0.4, 0.5) is 4.79 Å². The van der Waals surface area contributed by atoms with Crippen molar-refractivity contribution in [1.82, 2.24) is 9.88 Å². The van der Waals surface area contributed by atoms with Crippen LogP contribution in [-0.4, -0.2) is 41.8 Å². The number of hydrogen-bond acceptors (Lipinski definition) is 4. The van der Waals surface area contributed by atoms with Crippen molar-refractivity contribution in [3.63, 3.8) is 0 Å². The summed E-state index contributed by atoms with van der Waals surface area (Å²) < 4.78 is 11.5. The maximum absolute atomic E-state index is 12.2. The molecule has 6 heteroatoms. The molecule has 1 aromatic rings. The average molecular weight is 371 g/mol. The molecule has 1 atom stereocenters. The van der Waals surface area contributed by atoms with E-state index in [1.165, 1.54) is 0 Å². The van der Waals surface area contributed by atoms with Crippen LogP contribution in [-0.2, 0) is 4.74 Å². The fraction of sp³-hybridized carbons (Fsp3) is 0.625. The summed E-state index contributed by atoms with van der Waals surface area (Å²) in [5.41, 5.74) is 0.648. The van der Waals surface area contributed by atoms with Gasteiger partial charge in [0.2, 0.25) is 5.88 Å². The van der Waals surface area contributed by atoms with Crippen LogP contribution in [0, 0.1) is 0 Å². The molecule has 1 aliphatic heterocycles. The van der Waals surface area contributed by atoms with Gasteiger partial charge in [-0.15, -0.1) is 0 Å². The Bertz CT molecular complexity index is 543. The Morgan fingerprint density at radius 3 is 2.77 bits per heavy atom. The van der Waals surface area contributed by atoms with E-state index in [0.717, 1.165) is 29.4 Å². The number of amides is 1. The van der Waals surface area contributed by atoms with E-state index in [4.69, 9.17) is 9.47 Å². The van der Waals surface area contributed by atoms with Gasteiger partial charge < -0.3 is 14.4 Å². The second-order valence-electron chi connectivity index (χ2n) is 6.53. The van der Waals surface area contributed by atoms with E-state index in [2.05, 4.69) is 20.9 Å². The second-order valence-corrected chi connectivity index (χ2v) is 7.38. The van der Waals surface area contributed by atoms with E-state index in [-0.39, 0.29) is 12.0 Å². The number of nitrogens with zero attached hydrogens (tertiary/aromatic N) is 2. The molecular weight excluding hydrogens is 348 g/mol. The first-order valence-electron chi connectivity index (χ1n) is 7.47. The van der Waals surface area contributed by atoms with E-state index in [1.807, 2.05) is 33.0 Å². The van der Waals surface area contributed by atoms with Gasteiger partial charge in [0.1, 0.15) is 5.60 Å². The quantitative estimate of drug-likeness (QED) is 0.790. The zero-order chi connectivity index (χ0) is 16.3. The molecule has 1 unspecified atom stereocenters. The minimum atomic E-state index is -0.464. The number of methoxy groups -OCH3 is 1. The third-order valence-electron chi connectivity index (χ3n) is 3.57. The van der Waals surface area contributed by atoms with Gasteiger partial charge >= 0.3 is 6.09 Å². The predicted molar refractivity (Wildman–Crippen MR) is 88.3 cm³/mol. The largest absolute Gasteiger partial charge is 0.480 e. The first-order valence-corrected chi connectivity index (χ1v) is 8.27. The van der Waals surface area contributed by atoms with Crippen LogP contribution in [0.25, 0.3) is 0 Å². The number of piperidine rings is 1. The summed E-state index contributed by atoms with van der Waals surface area (Å²) in [5, 5.41) is 0. The number of hydrogen-bond donors (Lipinski definition) is 0. The SMILES string of the molecule is COc1ncc(C2CCCN(C(=O)OC(C)(C)C)C2)cc1Br. The summed E-state index contributed by atoms with van der Waals surface area (Å²) in [6.45, 7) is 7.07. The lowest BCUT2D eigenvalue weighted by Crippen LogP contribution is -2.42. The van der Waals surface area contributed by atoms with Crippen molar-refractivity contribution in [2.24, 2.45) is 0 Å². The van der Waals surface area contributed by atoms with Crippen molar-refractivity contribution in [2.45, 2.75) is 45.1 Å². The molecular formula is C16H23BrN2O3. The molecule has 122 valence electrons. The highest BCUT2D eigenvalue weighted by atomic mass is 79.9. The number of halogens is 1. The molecule has 1 saturated heterocycles. The Kier molecular flexibility index (Phi) is 5.32. The number of likely N-dealkylation sites (tertiary alicyclic amines) is 1. The normalized spacial score (nSPS) is 19.0. The van der Waals surface area contributed by atoms with Gasteiger partial charge in [-0.1, -0.05) is 0 Å². The molecule has 1 fully saturated rings. The molecule has 0 saturated carbocycles. The average Bonchev–Trinajstić information content (AvgIpc) is 2.45. The van der Waals surface area contributed by atoms with Crippen molar-refractivity contribution >= 4 is 22.0 Å². The summed E-state index contributed by atoms with van der Waals surface area (Å²) in [4.78, 5) is 18.3. The maximum atomic E-state index is 12.2. The monoisotopic (exact) mass is 370 g/mol. The van der Waals surface area contributed by atoms with Gasteiger partial charge in [0.25, 0.3) is 0 Å². The molecule has 1 aliphatic rings. The maximum Gasteiger partial charge on any atom is 0.410 e. The van der Waals surface area contributed by atoms with Crippen molar-refractivity contribution in [2.75, 3.05) is 20.2 Å². The molecule has 0 spiro atoms. The fourth-order valence-electron chi connectivity index (χ4n) is 2.56. The smallest absolute Gasteiger partial charge is 0.410 e. The number of ether oxygens (including phenoxy) is 2. The van der Waals surface area contributed by atoms with Crippen LogP contribution in [0.15, 0.2) is 16.7 Å². The first-order chi connectivity index (χ1) is 10.3. The Morgan fingerprint density at radius 2 is 2.18 bits per heavy atom. The van der Waals surface area contributed by atoms with E-state index in [1.54, 1.807) is 12.0 Å². The molecule has 2 heterocycles. The van der Waals surface area contributed by atoms with Gasteiger partial charge in [-0.3, -0.25) is 0 Å². The summed E-state index contributed by atoms with van der Waals surface area (Å²) >= 11 is 3.46. The lowest BCUT2D eigenvalue weighted by atomic mass is 9.92. The van der Waals surface area contributed by atoms with Gasteiger partial charge in [-0.05, 0) is 61.2 Å². The van der Waals surface area contributed by atoms with Gasteiger partial charge in [0.15, 0.2) is 0 Å². The third kappa shape index (κ3) is 4.35. The molecule has 1 aromatic heterocycles. The van der Waals surface area contributed by atoms with Crippen LogP contribution < -0.4 is 4.74 Å². The Labute approximate surface area is 140 Å². The first kappa shape index (κ1) is 17.1. The molecule has 0 aliphatic carbocycles. The zero-order valence-corrected chi connectivity index (χ0v) is 15.1. The Morgan fingerprint density at radius 1 is 1.45 bits per heavy atom. The van der Waals surface area contributed by atoms with Crippen LogP contribution >= 0.6 is 15.9 Å². The highest BCUT2D eigenvalue weighted by molar-refractivity contribution is 9.10. The minimum Gasteiger partial charge on any atom is -0.480 e. The van der Waals surface area contributed by atoms with E-state index < -0.39 is 5.60 Å². The van der Waals surface area contributed by atoms with E-state index in [9.17, 15) is 4.79 Å². The molecule has 0 aromatic carbocycles. The standard InChI is InChI=1S/C16H23BrN2O3/c1-16(2,3)22-15(20)19-7-5-6-11(10-19)12-8-13(17)14(21-4)18-9-12/h8-9,11H,5-7,10H2,1-4H3. The lowest BCUT2D eigenvalue weighted by Gasteiger charge is -2.34. The minimum absolute atomic E-state index is 0.238. The van der Waals surface area contributed by atoms with Gasteiger partial charge in [0.05, 0.1) is 11.6 Å². The number of rotatable bonds is 2. The van der Waals surface area contributed by atoms with Crippen LogP contribution in [0.5, 0.6) is 5.88 Å². The number of carbonyl (C=O) groups excluding carboxylic acids is 1. The molecule has 0 bridgehead atoms. The molecule has 0 radical (unpaired) electrons. The Hall–Kier alpha value is -1.30. The summed E-state index contributed by atoms with van der Waals surface area (Å²) in [5.74, 6) is 0.847. The van der Waals surface area contributed by atoms with Gasteiger partial charge in [-0.25, -0.2) is 9.78 Å². The van der Waals surface area contributed by atoms with Crippen molar-refractivity contribution in [3.05, 3.63) is 22.3 Å². The van der Waals surface area contributed by atoms with Crippen molar-refractivity contribution in [1.29, 1.82) is 0 Å². The summed E-state index contributed by atoms with van der Waals surface area (Å²) in [6.07, 6.45) is 3.60. The van der Waals surface area contributed by atoms with Gasteiger partial charge in [-0.2, -0.15) is 0 Å². The van der Waals surface area contributed by atoms with Crippen LogP contribution in [0.2, 0.25) is 0 Å². The fourth-order valence-corrected chi connectivity index (χ4v) is 3.08. The highest BCUT2D eigenvalue weighted by Crippen LogP contribution is 2.31. The zero-order valence-electron chi connectivity index (χ0n) is 13.6. The summed E-state index contributed by atoms with van der Waals surface area (Å²) in [6, 6.07) is 2.02. The second kappa shape index (κ2) is 6.86. The molecule has 1 amide bonds. The van der Waals surface area contributed by atoms with E-state index in [0.29, 0.717) is 12.4 Å². The van der Waals surface area contributed by atoms with Gasteiger partial charge in [0, 0.05) is 25.2 Å². The highest BCUT2D eigenvalue weighted by Gasteiger charge is 2.28.